The second kappa shape index (κ2) is 11.1. The molecule has 8 heteroatoms. The summed E-state index contributed by atoms with van der Waals surface area (Å²) in [5.41, 5.74) is 1.49. The van der Waals surface area contributed by atoms with E-state index in [1.54, 1.807) is 12.0 Å². The van der Waals surface area contributed by atoms with Crippen molar-refractivity contribution >= 4 is 39.1 Å². The van der Waals surface area contributed by atoms with Crippen molar-refractivity contribution in [3.05, 3.63) is 72.3 Å². The fraction of sp³-hybridized carbons (Fsp3) is 0.259. The Hall–Kier alpha value is -3.78. The van der Waals surface area contributed by atoms with Gasteiger partial charge in [-0.05, 0) is 48.4 Å². The van der Waals surface area contributed by atoms with Crippen LogP contribution in [0.15, 0.2) is 66.7 Å². The predicted molar refractivity (Wildman–Crippen MR) is 140 cm³/mol. The highest BCUT2D eigenvalue weighted by Crippen LogP contribution is 2.29. The van der Waals surface area contributed by atoms with Crippen molar-refractivity contribution in [1.82, 2.24) is 15.1 Å². The van der Waals surface area contributed by atoms with Gasteiger partial charge in [-0.3, -0.25) is 9.59 Å². The number of rotatable bonds is 9. The number of ether oxygens (including phenoxy) is 1. The summed E-state index contributed by atoms with van der Waals surface area (Å²) >= 11 is 1.29. The van der Waals surface area contributed by atoms with Crippen LogP contribution < -0.4 is 10.1 Å². The summed E-state index contributed by atoms with van der Waals surface area (Å²) in [6.07, 6.45) is 0.957. The molecule has 2 amide bonds. The zero-order valence-corrected chi connectivity index (χ0v) is 20.8. The zero-order valence-electron chi connectivity index (χ0n) is 20.0. The molecule has 0 fully saturated rings. The molecule has 0 radical (unpaired) electrons. The van der Waals surface area contributed by atoms with Gasteiger partial charge in [-0.15, -0.1) is 10.2 Å². The van der Waals surface area contributed by atoms with Crippen LogP contribution >= 0.6 is 11.3 Å². The molecule has 7 nitrogen and oxygen atoms in total. The Labute approximate surface area is 208 Å². The summed E-state index contributed by atoms with van der Waals surface area (Å²) < 4.78 is 5.26. The van der Waals surface area contributed by atoms with E-state index in [9.17, 15) is 9.59 Å². The highest BCUT2D eigenvalue weighted by molar-refractivity contribution is 7.18. The summed E-state index contributed by atoms with van der Waals surface area (Å²) in [4.78, 5) is 27.8. The monoisotopic (exact) mass is 488 g/mol. The molecule has 35 heavy (non-hydrogen) atoms. The molecular weight excluding hydrogens is 460 g/mol. The maximum absolute atomic E-state index is 13.3. The SMILES string of the molecule is CC[C@H](C)N(CCC(=O)Nc1nnc(-c2cccc(OC)c2)s1)C(=O)c1ccc2ccccc2c1. The van der Waals surface area contributed by atoms with E-state index in [-0.39, 0.29) is 24.3 Å². The lowest BCUT2D eigenvalue weighted by molar-refractivity contribution is -0.116. The molecule has 0 spiro atoms. The van der Waals surface area contributed by atoms with Crippen molar-refractivity contribution < 1.29 is 14.3 Å². The van der Waals surface area contributed by atoms with Gasteiger partial charge in [0.25, 0.3) is 5.91 Å². The number of fused-ring (bicyclic) bond motifs is 1. The van der Waals surface area contributed by atoms with Gasteiger partial charge >= 0.3 is 0 Å². The third-order valence-corrected chi connectivity index (χ3v) is 6.84. The van der Waals surface area contributed by atoms with Gasteiger partial charge in [0.2, 0.25) is 11.0 Å². The number of carbonyl (C=O) groups excluding carboxylic acids is 2. The average Bonchev–Trinajstić information content (AvgIpc) is 3.36. The summed E-state index contributed by atoms with van der Waals surface area (Å²) in [6.45, 7) is 4.35. The van der Waals surface area contributed by atoms with Crippen molar-refractivity contribution in [2.75, 3.05) is 19.0 Å². The summed E-state index contributed by atoms with van der Waals surface area (Å²) in [5, 5.41) is 14.3. The van der Waals surface area contributed by atoms with Crippen molar-refractivity contribution in [3.8, 4) is 16.3 Å². The Morgan fingerprint density at radius 3 is 2.60 bits per heavy atom. The van der Waals surface area contributed by atoms with Gasteiger partial charge < -0.3 is 15.0 Å². The van der Waals surface area contributed by atoms with Gasteiger partial charge in [0.05, 0.1) is 7.11 Å². The Balaban J connectivity index is 1.41. The Bertz CT molecular complexity index is 1340. The first-order valence-electron chi connectivity index (χ1n) is 11.6. The van der Waals surface area contributed by atoms with Crippen LogP contribution in [0.5, 0.6) is 5.75 Å². The molecule has 1 N–H and O–H groups in total. The van der Waals surface area contributed by atoms with Crippen LogP contribution in [-0.2, 0) is 4.79 Å². The third-order valence-electron chi connectivity index (χ3n) is 5.95. The quantitative estimate of drug-likeness (QED) is 0.330. The van der Waals surface area contributed by atoms with Gasteiger partial charge in [0, 0.05) is 30.1 Å². The van der Waals surface area contributed by atoms with Crippen LogP contribution in [0.25, 0.3) is 21.3 Å². The Morgan fingerprint density at radius 1 is 1.03 bits per heavy atom. The zero-order chi connectivity index (χ0) is 24.8. The van der Waals surface area contributed by atoms with Gasteiger partial charge in [0.15, 0.2) is 0 Å². The van der Waals surface area contributed by atoms with Crippen molar-refractivity contribution in [2.24, 2.45) is 0 Å². The lowest BCUT2D eigenvalue weighted by atomic mass is 10.1. The number of benzene rings is 3. The number of hydrogen-bond donors (Lipinski definition) is 1. The maximum Gasteiger partial charge on any atom is 0.254 e. The van der Waals surface area contributed by atoms with Gasteiger partial charge in [-0.25, -0.2) is 0 Å². The Morgan fingerprint density at radius 2 is 1.83 bits per heavy atom. The minimum atomic E-state index is -0.210. The van der Waals surface area contributed by atoms with Crippen molar-refractivity contribution in [1.29, 1.82) is 0 Å². The van der Waals surface area contributed by atoms with Gasteiger partial charge in [0.1, 0.15) is 10.8 Å². The molecule has 0 saturated carbocycles. The minimum absolute atomic E-state index is 0.00274. The van der Waals surface area contributed by atoms with E-state index in [1.807, 2.05) is 80.6 Å². The van der Waals surface area contributed by atoms with E-state index in [4.69, 9.17) is 4.74 Å². The second-order valence-corrected chi connectivity index (χ2v) is 9.24. The first-order chi connectivity index (χ1) is 17.0. The number of aromatic nitrogens is 2. The molecule has 1 atom stereocenters. The molecule has 0 aliphatic carbocycles. The standard InChI is InChI=1S/C27H28N4O3S/c1-4-18(2)31(26(33)22-13-12-19-8-5-6-9-20(19)16-22)15-14-24(32)28-27-30-29-25(35-27)21-10-7-11-23(17-21)34-3/h5-13,16-18H,4,14-15H2,1-3H3,(H,28,30,32)/t18-/m0/s1. The highest BCUT2D eigenvalue weighted by atomic mass is 32.1. The normalized spacial score (nSPS) is 11.7. The largest absolute Gasteiger partial charge is 0.497 e. The number of nitrogens with one attached hydrogen (secondary N) is 1. The number of nitrogens with zero attached hydrogens (tertiary/aromatic N) is 3. The molecule has 0 aliphatic heterocycles. The third kappa shape index (κ3) is 5.84. The molecule has 0 unspecified atom stereocenters. The van der Waals surface area contributed by atoms with E-state index in [2.05, 4.69) is 15.5 Å². The summed E-state index contributed by atoms with van der Waals surface area (Å²) in [5.74, 6) is 0.441. The minimum Gasteiger partial charge on any atom is -0.497 e. The first kappa shape index (κ1) is 24.3. The molecule has 4 rings (SSSR count). The van der Waals surface area contributed by atoms with Crippen molar-refractivity contribution in [3.63, 3.8) is 0 Å². The van der Waals surface area contributed by atoms with Crippen LogP contribution in [0.3, 0.4) is 0 Å². The molecule has 1 heterocycles. The van der Waals surface area contributed by atoms with Crippen LogP contribution in [0.1, 0.15) is 37.0 Å². The van der Waals surface area contributed by atoms with E-state index >= 15 is 0 Å². The summed E-state index contributed by atoms with van der Waals surface area (Å²) in [6, 6.07) is 21.2. The lowest BCUT2D eigenvalue weighted by Crippen LogP contribution is -2.40. The molecule has 0 aliphatic rings. The molecule has 180 valence electrons. The number of methoxy groups -OCH3 is 1. The van der Waals surface area contributed by atoms with E-state index in [1.165, 1.54) is 11.3 Å². The predicted octanol–water partition coefficient (Wildman–Crippen LogP) is 5.64. The van der Waals surface area contributed by atoms with E-state index in [0.29, 0.717) is 22.2 Å². The molecular formula is C27H28N4O3S. The fourth-order valence-corrected chi connectivity index (χ4v) is 4.54. The highest BCUT2D eigenvalue weighted by Gasteiger charge is 2.22. The van der Waals surface area contributed by atoms with E-state index in [0.717, 1.165) is 28.5 Å². The number of hydrogen-bond acceptors (Lipinski definition) is 6. The van der Waals surface area contributed by atoms with Crippen LogP contribution in [0, 0.1) is 0 Å². The fourth-order valence-electron chi connectivity index (χ4n) is 3.78. The topological polar surface area (TPSA) is 84.4 Å². The lowest BCUT2D eigenvalue weighted by Gasteiger charge is -2.28. The Kier molecular flexibility index (Phi) is 7.72. The molecule has 0 bridgehead atoms. The smallest absolute Gasteiger partial charge is 0.254 e. The average molecular weight is 489 g/mol. The van der Waals surface area contributed by atoms with Crippen molar-refractivity contribution in [2.45, 2.75) is 32.7 Å². The number of anilines is 1. The molecule has 3 aromatic carbocycles. The second-order valence-electron chi connectivity index (χ2n) is 8.26. The molecule has 1 aromatic heterocycles. The summed E-state index contributed by atoms with van der Waals surface area (Å²) in [7, 11) is 1.61. The van der Waals surface area contributed by atoms with E-state index < -0.39 is 0 Å². The molecule has 0 saturated heterocycles. The van der Waals surface area contributed by atoms with Gasteiger partial charge in [-0.1, -0.05) is 60.7 Å². The first-order valence-corrected chi connectivity index (χ1v) is 12.4. The van der Waals surface area contributed by atoms with Crippen LogP contribution in [0.2, 0.25) is 0 Å². The maximum atomic E-state index is 13.3. The van der Waals surface area contributed by atoms with Gasteiger partial charge in [-0.2, -0.15) is 0 Å². The van der Waals surface area contributed by atoms with Crippen LogP contribution in [-0.4, -0.2) is 46.6 Å². The van der Waals surface area contributed by atoms with Crippen LogP contribution in [0.4, 0.5) is 5.13 Å². The molecule has 4 aromatic rings. The number of carbonyl (C=O) groups is 2. The number of amides is 2.